The molecule has 118 valence electrons. The van der Waals surface area contributed by atoms with Crippen LogP contribution >= 0.6 is 0 Å². The van der Waals surface area contributed by atoms with Crippen molar-refractivity contribution in [1.82, 2.24) is 4.90 Å². The van der Waals surface area contributed by atoms with E-state index >= 15 is 0 Å². The number of aliphatic hydroxyl groups excluding tert-OH is 1. The highest BCUT2D eigenvalue weighted by molar-refractivity contribution is 6.04. The minimum Gasteiger partial charge on any atom is -0.393 e. The van der Waals surface area contributed by atoms with E-state index in [0.29, 0.717) is 25.9 Å². The number of rotatable bonds is 2. The molecule has 1 N–H and O–H groups in total. The lowest BCUT2D eigenvalue weighted by atomic mass is 10.0. The molecule has 0 aliphatic carbocycles. The van der Waals surface area contributed by atoms with E-state index in [1.54, 1.807) is 4.90 Å². The van der Waals surface area contributed by atoms with E-state index in [0.717, 1.165) is 18.2 Å². The van der Waals surface area contributed by atoms with E-state index < -0.39 is 17.7 Å². The lowest BCUT2D eigenvalue weighted by Crippen LogP contribution is -2.45. The Kier molecular flexibility index (Phi) is 4.06. The maximum Gasteiger partial charge on any atom is 0.266 e. The van der Waals surface area contributed by atoms with Crippen molar-refractivity contribution < 1.29 is 23.5 Å². The summed E-state index contributed by atoms with van der Waals surface area (Å²) in [6, 6.07) is 3.09. The van der Waals surface area contributed by atoms with Crippen LogP contribution < -0.4 is 0 Å². The first-order valence-corrected chi connectivity index (χ1v) is 7.19. The van der Waals surface area contributed by atoms with Gasteiger partial charge < -0.3 is 14.8 Å². The van der Waals surface area contributed by atoms with Crippen molar-refractivity contribution >= 4 is 11.6 Å². The van der Waals surface area contributed by atoms with Crippen LogP contribution in [-0.4, -0.2) is 46.9 Å². The molecular weight excluding hydrogens is 294 g/mol. The Bertz CT molecular complexity index is 613. The summed E-state index contributed by atoms with van der Waals surface area (Å²) in [6.45, 7) is 0.924. The third-order valence-electron chi connectivity index (χ3n) is 3.96. The van der Waals surface area contributed by atoms with Crippen molar-refractivity contribution in [1.29, 1.82) is 0 Å². The molecule has 3 rings (SSSR count). The first-order valence-electron chi connectivity index (χ1n) is 7.19. The van der Waals surface area contributed by atoms with Crippen LogP contribution in [0, 0.1) is 11.6 Å². The summed E-state index contributed by atoms with van der Waals surface area (Å²) in [5, 5.41) is 13.2. The number of oxime groups is 1. The SMILES string of the molecule is O=C(C1CC(c2cc(F)ccc2F)=NO1)N1CCC(O)CC1. The van der Waals surface area contributed by atoms with E-state index in [2.05, 4.69) is 5.16 Å². The number of benzene rings is 1. The van der Waals surface area contributed by atoms with Crippen molar-refractivity contribution in [3.63, 3.8) is 0 Å². The van der Waals surface area contributed by atoms with E-state index in [1.165, 1.54) is 0 Å². The number of carbonyl (C=O) groups excluding carboxylic acids is 1. The van der Waals surface area contributed by atoms with Gasteiger partial charge in [0.2, 0.25) is 6.10 Å². The summed E-state index contributed by atoms with van der Waals surface area (Å²) < 4.78 is 26.9. The molecule has 0 spiro atoms. The van der Waals surface area contributed by atoms with Gasteiger partial charge in [-0.15, -0.1) is 0 Å². The number of hydrogen-bond acceptors (Lipinski definition) is 4. The van der Waals surface area contributed by atoms with E-state index in [4.69, 9.17) is 4.84 Å². The summed E-state index contributed by atoms with van der Waals surface area (Å²) >= 11 is 0. The van der Waals surface area contributed by atoms with Crippen LogP contribution in [0.5, 0.6) is 0 Å². The number of amides is 1. The fraction of sp³-hybridized carbons (Fsp3) is 0.467. The number of piperidine rings is 1. The molecule has 2 aliphatic heterocycles. The molecule has 1 saturated heterocycles. The molecule has 0 bridgehead atoms. The average Bonchev–Trinajstić information content (AvgIpc) is 2.99. The van der Waals surface area contributed by atoms with Gasteiger partial charge in [0.05, 0.1) is 11.8 Å². The number of likely N-dealkylation sites (tertiary alicyclic amines) is 1. The maximum absolute atomic E-state index is 13.7. The number of aliphatic hydroxyl groups is 1. The predicted octanol–water partition coefficient (Wildman–Crippen LogP) is 1.44. The van der Waals surface area contributed by atoms with Gasteiger partial charge in [-0.3, -0.25) is 4.79 Å². The van der Waals surface area contributed by atoms with Gasteiger partial charge in [-0.05, 0) is 31.0 Å². The van der Waals surface area contributed by atoms with Gasteiger partial charge in [-0.1, -0.05) is 5.16 Å². The molecular formula is C15H16F2N2O3. The Morgan fingerprint density at radius 3 is 2.77 bits per heavy atom. The van der Waals surface area contributed by atoms with Gasteiger partial charge in [0, 0.05) is 25.1 Å². The standard InChI is InChI=1S/C15H16F2N2O3/c16-9-1-2-12(17)11(7-9)13-8-14(22-18-13)15(21)19-5-3-10(20)4-6-19/h1-2,7,10,14,20H,3-6,8H2. The first kappa shape index (κ1) is 14.9. The lowest BCUT2D eigenvalue weighted by molar-refractivity contribution is -0.144. The Morgan fingerprint density at radius 1 is 1.32 bits per heavy atom. The molecule has 1 aromatic carbocycles. The smallest absolute Gasteiger partial charge is 0.266 e. The number of hydrogen-bond donors (Lipinski definition) is 1. The van der Waals surface area contributed by atoms with Crippen LogP contribution in [-0.2, 0) is 9.63 Å². The fourth-order valence-corrected chi connectivity index (χ4v) is 2.68. The largest absolute Gasteiger partial charge is 0.393 e. The summed E-state index contributed by atoms with van der Waals surface area (Å²) in [5.74, 6) is -1.40. The quantitative estimate of drug-likeness (QED) is 0.899. The number of carbonyl (C=O) groups is 1. The zero-order valence-electron chi connectivity index (χ0n) is 11.8. The third kappa shape index (κ3) is 2.94. The average molecular weight is 310 g/mol. The number of nitrogens with zero attached hydrogens (tertiary/aromatic N) is 2. The van der Waals surface area contributed by atoms with Crippen molar-refractivity contribution in [2.24, 2.45) is 5.16 Å². The van der Waals surface area contributed by atoms with Gasteiger partial charge in [-0.25, -0.2) is 8.78 Å². The molecule has 0 saturated carbocycles. The van der Waals surface area contributed by atoms with Crippen LogP contribution in [0.1, 0.15) is 24.8 Å². The summed E-state index contributed by atoms with van der Waals surface area (Å²) in [6.07, 6.45) is -0.0112. The van der Waals surface area contributed by atoms with Gasteiger partial charge in [0.1, 0.15) is 11.6 Å². The van der Waals surface area contributed by atoms with E-state index in [1.807, 2.05) is 0 Å². The van der Waals surface area contributed by atoms with E-state index in [9.17, 15) is 18.7 Å². The zero-order chi connectivity index (χ0) is 15.7. The number of halogens is 2. The van der Waals surface area contributed by atoms with Crippen molar-refractivity contribution in [2.45, 2.75) is 31.5 Å². The summed E-state index contributed by atoms with van der Waals surface area (Å²) in [7, 11) is 0. The molecule has 0 radical (unpaired) electrons. The van der Waals surface area contributed by atoms with Crippen LogP contribution in [0.4, 0.5) is 8.78 Å². The first-order chi connectivity index (χ1) is 10.5. The third-order valence-corrected chi connectivity index (χ3v) is 3.96. The second-order valence-electron chi connectivity index (χ2n) is 5.52. The highest BCUT2D eigenvalue weighted by Gasteiger charge is 2.34. The van der Waals surface area contributed by atoms with Gasteiger partial charge in [0.25, 0.3) is 5.91 Å². The molecule has 1 aromatic rings. The molecule has 2 heterocycles. The normalized spacial score (nSPS) is 22.4. The molecule has 22 heavy (non-hydrogen) atoms. The molecule has 0 aromatic heterocycles. The van der Waals surface area contributed by atoms with Gasteiger partial charge in [0.15, 0.2) is 0 Å². The molecule has 1 unspecified atom stereocenters. The minimum absolute atomic E-state index is 0.0179. The maximum atomic E-state index is 13.7. The predicted molar refractivity (Wildman–Crippen MR) is 74.2 cm³/mol. The second kappa shape index (κ2) is 6.00. The molecule has 2 aliphatic rings. The molecule has 7 heteroatoms. The van der Waals surface area contributed by atoms with Crippen LogP contribution in [0.25, 0.3) is 0 Å². The highest BCUT2D eigenvalue weighted by atomic mass is 19.1. The monoisotopic (exact) mass is 310 g/mol. The van der Waals surface area contributed by atoms with E-state index in [-0.39, 0.29) is 29.7 Å². The Hall–Kier alpha value is -2.02. The molecule has 1 fully saturated rings. The lowest BCUT2D eigenvalue weighted by Gasteiger charge is -2.30. The van der Waals surface area contributed by atoms with Gasteiger partial charge >= 0.3 is 0 Å². The van der Waals surface area contributed by atoms with Crippen molar-refractivity contribution in [3.8, 4) is 0 Å². The Morgan fingerprint density at radius 2 is 2.05 bits per heavy atom. The molecule has 5 nitrogen and oxygen atoms in total. The summed E-state index contributed by atoms with van der Waals surface area (Å²) in [5.41, 5.74) is 0.247. The Balaban J connectivity index is 1.66. The van der Waals surface area contributed by atoms with Crippen molar-refractivity contribution in [3.05, 3.63) is 35.4 Å². The van der Waals surface area contributed by atoms with Gasteiger partial charge in [-0.2, -0.15) is 0 Å². The summed E-state index contributed by atoms with van der Waals surface area (Å²) in [4.78, 5) is 19.0. The zero-order valence-corrected chi connectivity index (χ0v) is 11.8. The van der Waals surface area contributed by atoms with Crippen LogP contribution in [0.2, 0.25) is 0 Å². The molecule has 1 amide bonds. The topological polar surface area (TPSA) is 62.1 Å². The Labute approximate surface area is 126 Å². The van der Waals surface area contributed by atoms with Crippen LogP contribution in [0.3, 0.4) is 0 Å². The highest BCUT2D eigenvalue weighted by Crippen LogP contribution is 2.22. The minimum atomic E-state index is -0.812. The van der Waals surface area contributed by atoms with Crippen LogP contribution in [0.15, 0.2) is 23.4 Å². The van der Waals surface area contributed by atoms with Crippen molar-refractivity contribution in [2.75, 3.05) is 13.1 Å². The second-order valence-corrected chi connectivity index (χ2v) is 5.52. The molecule has 1 atom stereocenters. The fourth-order valence-electron chi connectivity index (χ4n) is 2.68.